The van der Waals surface area contributed by atoms with E-state index < -0.39 is 10.0 Å². The van der Waals surface area contributed by atoms with E-state index >= 15 is 0 Å². The molecule has 0 aromatic heterocycles. The molecule has 2 N–H and O–H groups in total. The van der Waals surface area contributed by atoms with E-state index in [1.54, 1.807) is 18.2 Å². The fourth-order valence-corrected chi connectivity index (χ4v) is 5.43. The molecule has 1 amide bonds. The van der Waals surface area contributed by atoms with Gasteiger partial charge in [0.25, 0.3) is 15.9 Å². The van der Waals surface area contributed by atoms with Gasteiger partial charge < -0.3 is 5.32 Å². The second-order valence-electron chi connectivity index (χ2n) is 8.24. The lowest BCUT2D eigenvalue weighted by Crippen LogP contribution is -2.29. The summed E-state index contributed by atoms with van der Waals surface area (Å²) >= 11 is 11.9. The Morgan fingerprint density at radius 2 is 1.56 bits per heavy atom. The normalized spacial score (nSPS) is 14.5. The van der Waals surface area contributed by atoms with Gasteiger partial charge in [0.2, 0.25) is 0 Å². The molecule has 1 saturated heterocycles. The van der Waals surface area contributed by atoms with E-state index in [1.165, 1.54) is 49.1 Å². The Morgan fingerprint density at radius 3 is 2.21 bits per heavy atom. The van der Waals surface area contributed by atoms with Crippen LogP contribution in [0.1, 0.15) is 35.2 Å². The molecule has 0 atom stereocenters. The molecule has 0 radical (unpaired) electrons. The van der Waals surface area contributed by atoms with Crippen LogP contribution in [0.3, 0.4) is 0 Å². The number of benzene rings is 3. The molecule has 0 bridgehead atoms. The zero-order valence-electron chi connectivity index (χ0n) is 18.4. The highest BCUT2D eigenvalue weighted by Crippen LogP contribution is 2.28. The number of hydrogen-bond donors (Lipinski definition) is 2. The fraction of sp³-hybridized carbons (Fsp3) is 0.240. The summed E-state index contributed by atoms with van der Waals surface area (Å²) in [7, 11) is -3.86. The van der Waals surface area contributed by atoms with Crippen LogP contribution in [0, 0.1) is 0 Å². The van der Waals surface area contributed by atoms with Crippen molar-refractivity contribution in [1.29, 1.82) is 0 Å². The number of hydrogen-bond acceptors (Lipinski definition) is 4. The standard InChI is InChI=1S/C25H25Cl2N3O3S/c26-20-8-13-24(23(27)16-20)29-34(32,33)22-11-9-21(10-12-22)28-25(31)19-6-4-18(5-7-19)17-30-14-2-1-3-15-30/h4-13,16,29H,1-3,14-15,17H2,(H,28,31). The van der Waals surface area contributed by atoms with Crippen molar-refractivity contribution in [2.24, 2.45) is 0 Å². The molecule has 34 heavy (non-hydrogen) atoms. The van der Waals surface area contributed by atoms with E-state index in [4.69, 9.17) is 23.2 Å². The molecule has 0 spiro atoms. The molecule has 1 fully saturated rings. The minimum Gasteiger partial charge on any atom is -0.322 e. The Hall–Kier alpha value is -2.58. The molecular formula is C25H25Cl2N3O3S. The first kappa shape index (κ1) is 24.5. The van der Waals surface area contributed by atoms with Gasteiger partial charge in [0, 0.05) is 22.8 Å². The lowest BCUT2D eigenvalue weighted by atomic mass is 10.1. The molecule has 3 aromatic rings. The van der Waals surface area contributed by atoms with Gasteiger partial charge in [-0.05, 0) is 86.1 Å². The number of likely N-dealkylation sites (tertiary alicyclic amines) is 1. The number of nitrogens with one attached hydrogen (secondary N) is 2. The zero-order valence-corrected chi connectivity index (χ0v) is 20.8. The van der Waals surface area contributed by atoms with E-state index in [2.05, 4.69) is 14.9 Å². The lowest BCUT2D eigenvalue weighted by molar-refractivity contribution is 0.102. The predicted molar refractivity (Wildman–Crippen MR) is 137 cm³/mol. The van der Waals surface area contributed by atoms with Crippen molar-refractivity contribution in [1.82, 2.24) is 4.90 Å². The first-order valence-corrected chi connectivity index (χ1v) is 13.2. The van der Waals surface area contributed by atoms with Gasteiger partial charge >= 0.3 is 0 Å². The second kappa shape index (κ2) is 10.8. The van der Waals surface area contributed by atoms with Gasteiger partial charge in [-0.2, -0.15) is 0 Å². The highest BCUT2D eigenvalue weighted by atomic mass is 35.5. The van der Waals surface area contributed by atoms with Crippen molar-refractivity contribution in [3.63, 3.8) is 0 Å². The summed E-state index contributed by atoms with van der Waals surface area (Å²) in [5, 5.41) is 3.41. The Kier molecular flexibility index (Phi) is 7.78. The van der Waals surface area contributed by atoms with Crippen molar-refractivity contribution in [3.05, 3.63) is 87.9 Å². The summed E-state index contributed by atoms with van der Waals surface area (Å²) in [6.07, 6.45) is 3.78. The average molecular weight is 518 g/mol. The molecule has 1 aliphatic rings. The van der Waals surface area contributed by atoms with E-state index in [0.717, 1.165) is 19.6 Å². The molecule has 0 unspecified atom stereocenters. The van der Waals surface area contributed by atoms with Gasteiger partial charge in [0.1, 0.15) is 0 Å². The van der Waals surface area contributed by atoms with Gasteiger partial charge in [-0.1, -0.05) is 41.8 Å². The van der Waals surface area contributed by atoms with E-state index in [1.807, 2.05) is 24.3 Å². The van der Waals surface area contributed by atoms with Gasteiger partial charge in [0.15, 0.2) is 0 Å². The molecule has 4 rings (SSSR count). The summed E-state index contributed by atoms with van der Waals surface area (Å²) in [5.41, 5.74) is 2.44. The molecule has 3 aromatic carbocycles. The van der Waals surface area contributed by atoms with Gasteiger partial charge in [0.05, 0.1) is 15.6 Å². The van der Waals surface area contributed by atoms with Crippen LogP contribution in [-0.4, -0.2) is 32.3 Å². The molecule has 0 aliphatic carbocycles. The summed E-state index contributed by atoms with van der Waals surface area (Å²) in [4.78, 5) is 15.1. The number of piperidine rings is 1. The largest absolute Gasteiger partial charge is 0.322 e. The maximum Gasteiger partial charge on any atom is 0.261 e. The van der Waals surface area contributed by atoms with Gasteiger partial charge in [-0.25, -0.2) is 8.42 Å². The summed E-state index contributed by atoms with van der Waals surface area (Å²) in [5.74, 6) is -0.258. The first-order valence-electron chi connectivity index (χ1n) is 11.0. The van der Waals surface area contributed by atoms with E-state index in [-0.39, 0.29) is 21.5 Å². The van der Waals surface area contributed by atoms with Crippen LogP contribution in [-0.2, 0) is 16.6 Å². The van der Waals surface area contributed by atoms with Gasteiger partial charge in [-0.3, -0.25) is 14.4 Å². The fourth-order valence-electron chi connectivity index (χ4n) is 3.83. The molecule has 1 aliphatic heterocycles. The van der Waals surface area contributed by atoms with Crippen molar-refractivity contribution in [2.45, 2.75) is 30.7 Å². The van der Waals surface area contributed by atoms with Crippen LogP contribution in [0.4, 0.5) is 11.4 Å². The second-order valence-corrected chi connectivity index (χ2v) is 10.8. The third-order valence-electron chi connectivity index (χ3n) is 5.67. The highest BCUT2D eigenvalue weighted by molar-refractivity contribution is 7.92. The Morgan fingerprint density at radius 1 is 0.882 bits per heavy atom. The maximum absolute atomic E-state index is 12.7. The summed E-state index contributed by atoms with van der Waals surface area (Å²) < 4.78 is 27.8. The third-order valence-corrected chi connectivity index (χ3v) is 7.60. The third kappa shape index (κ3) is 6.30. The topological polar surface area (TPSA) is 78.5 Å². The number of anilines is 2. The van der Waals surface area contributed by atoms with Crippen LogP contribution < -0.4 is 10.0 Å². The van der Waals surface area contributed by atoms with Gasteiger partial charge in [-0.15, -0.1) is 0 Å². The number of carbonyl (C=O) groups is 1. The predicted octanol–water partition coefficient (Wildman–Crippen LogP) is 6.03. The average Bonchev–Trinajstić information content (AvgIpc) is 2.82. The Balaban J connectivity index is 1.37. The summed E-state index contributed by atoms with van der Waals surface area (Å²) in [6.45, 7) is 3.14. The molecular weight excluding hydrogens is 493 g/mol. The Labute approximate surface area is 209 Å². The quantitative estimate of drug-likeness (QED) is 0.400. The smallest absolute Gasteiger partial charge is 0.261 e. The van der Waals surface area contributed by atoms with Crippen LogP contribution in [0.25, 0.3) is 0 Å². The van der Waals surface area contributed by atoms with Crippen molar-refractivity contribution in [3.8, 4) is 0 Å². The number of amides is 1. The zero-order chi connectivity index (χ0) is 24.1. The molecule has 9 heteroatoms. The van der Waals surface area contributed by atoms with Crippen LogP contribution in [0.5, 0.6) is 0 Å². The van der Waals surface area contributed by atoms with Crippen LogP contribution in [0.2, 0.25) is 10.0 Å². The van der Waals surface area contributed by atoms with Crippen LogP contribution in [0.15, 0.2) is 71.6 Å². The minimum absolute atomic E-state index is 0.0404. The number of nitrogens with zero attached hydrogens (tertiary/aromatic N) is 1. The molecule has 0 saturated carbocycles. The van der Waals surface area contributed by atoms with E-state index in [0.29, 0.717) is 16.3 Å². The molecule has 178 valence electrons. The van der Waals surface area contributed by atoms with Crippen LogP contribution >= 0.6 is 23.2 Å². The monoisotopic (exact) mass is 517 g/mol. The van der Waals surface area contributed by atoms with E-state index in [9.17, 15) is 13.2 Å². The molecule has 1 heterocycles. The number of halogens is 2. The Bertz CT molecular complexity index is 1260. The SMILES string of the molecule is O=C(Nc1ccc(S(=O)(=O)Nc2ccc(Cl)cc2Cl)cc1)c1ccc(CN2CCCCC2)cc1. The minimum atomic E-state index is -3.86. The number of sulfonamides is 1. The lowest BCUT2D eigenvalue weighted by Gasteiger charge is -2.26. The maximum atomic E-state index is 12.7. The highest BCUT2D eigenvalue weighted by Gasteiger charge is 2.17. The number of rotatable bonds is 7. The van der Waals surface area contributed by atoms with Crippen molar-refractivity contribution in [2.75, 3.05) is 23.1 Å². The number of carbonyl (C=O) groups excluding carboxylic acids is 1. The van der Waals surface area contributed by atoms with Crippen molar-refractivity contribution < 1.29 is 13.2 Å². The molecule has 6 nitrogen and oxygen atoms in total. The first-order chi connectivity index (χ1) is 16.3. The summed E-state index contributed by atoms with van der Waals surface area (Å²) in [6, 6.07) is 18.0. The van der Waals surface area contributed by atoms with Crippen molar-refractivity contribution >= 4 is 50.5 Å².